The van der Waals surface area contributed by atoms with Gasteiger partial charge < -0.3 is 9.64 Å². The first-order chi connectivity index (χ1) is 11.8. The lowest BCUT2D eigenvalue weighted by molar-refractivity contribution is -0.132. The monoisotopic (exact) mass is 368 g/mol. The molecule has 1 amide bonds. The van der Waals surface area contributed by atoms with Gasteiger partial charge in [-0.2, -0.15) is 4.31 Å². The normalized spacial score (nSPS) is 16.2. The minimum absolute atomic E-state index is 0.0800. The molecule has 1 saturated heterocycles. The SMILES string of the molecule is COc1ccc(CCN(CC(=O)N2CCC(C)CC2)S(C)(=O)=O)cc1. The van der Waals surface area contributed by atoms with Crippen LogP contribution in [0.15, 0.2) is 24.3 Å². The van der Waals surface area contributed by atoms with Crippen LogP contribution in [0.1, 0.15) is 25.3 Å². The summed E-state index contributed by atoms with van der Waals surface area (Å²) in [5, 5.41) is 0. The predicted octanol–water partition coefficient (Wildman–Crippen LogP) is 1.76. The minimum Gasteiger partial charge on any atom is -0.497 e. The van der Waals surface area contributed by atoms with Crippen molar-refractivity contribution in [1.29, 1.82) is 0 Å². The van der Waals surface area contributed by atoms with Crippen LogP contribution in [-0.2, 0) is 21.2 Å². The van der Waals surface area contributed by atoms with E-state index in [1.54, 1.807) is 12.0 Å². The van der Waals surface area contributed by atoms with E-state index in [1.165, 1.54) is 4.31 Å². The second-order valence-corrected chi connectivity index (χ2v) is 8.74. The Labute approximate surface area is 150 Å². The van der Waals surface area contributed by atoms with Gasteiger partial charge in [-0.1, -0.05) is 19.1 Å². The van der Waals surface area contributed by atoms with Crippen molar-refractivity contribution in [3.8, 4) is 5.75 Å². The summed E-state index contributed by atoms with van der Waals surface area (Å²) in [4.78, 5) is 14.2. The molecule has 0 atom stereocenters. The van der Waals surface area contributed by atoms with E-state index < -0.39 is 10.0 Å². The van der Waals surface area contributed by atoms with Crippen molar-refractivity contribution in [2.24, 2.45) is 5.92 Å². The summed E-state index contributed by atoms with van der Waals surface area (Å²) in [5.41, 5.74) is 1.01. The minimum atomic E-state index is -3.43. The molecule has 7 heteroatoms. The lowest BCUT2D eigenvalue weighted by atomic mass is 9.99. The van der Waals surface area contributed by atoms with Crippen LogP contribution in [0.25, 0.3) is 0 Å². The van der Waals surface area contributed by atoms with Crippen LogP contribution in [-0.4, -0.2) is 63.1 Å². The molecule has 0 N–H and O–H groups in total. The molecule has 1 aliphatic heterocycles. The average molecular weight is 368 g/mol. The Bertz CT molecular complexity index is 665. The number of likely N-dealkylation sites (tertiary alicyclic amines) is 1. The Morgan fingerprint density at radius 2 is 1.84 bits per heavy atom. The number of hydrogen-bond donors (Lipinski definition) is 0. The summed E-state index contributed by atoms with van der Waals surface area (Å²) in [5.74, 6) is 1.29. The Morgan fingerprint density at radius 3 is 2.36 bits per heavy atom. The molecule has 0 aromatic heterocycles. The summed E-state index contributed by atoms with van der Waals surface area (Å²) >= 11 is 0. The number of sulfonamides is 1. The highest BCUT2D eigenvalue weighted by molar-refractivity contribution is 7.88. The van der Waals surface area contributed by atoms with Gasteiger partial charge in [-0.3, -0.25) is 4.79 Å². The van der Waals surface area contributed by atoms with E-state index in [0.717, 1.165) is 43.5 Å². The van der Waals surface area contributed by atoms with Crippen molar-refractivity contribution >= 4 is 15.9 Å². The Balaban J connectivity index is 1.95. The molecule has 1 fully saturated rings. The zero-order chi connectivity index (χ0) is 18.4. The Morgan fingerprint density at radius 1 is 1.24 bits per heavy atom. The van der Waals surface area contributed by atoms with Crippen LogP contribution in [0.4, 0.5) is 0 Å². The highest BCUT2D eigenvalue weighted by atomic mass is 32.2. The van der Waals surface area contributed by atoms with Gasteiger partial charge in [0.15, 0.2) is 0 Å². The second kappa shape index (κ2) is 8.67. The third-order valence-electron chi connectivity index (χ3n) is 4.73. The number of ether oxygens (including phenoxy) is 1. The predicted molar refractivity (Wildman–Crippen MR) is 98.1 cm³/mol. The van der Waals surface area contributed by atoms with E-state index in [2.05, 4.69) is 6.92 Å². The number of amides is 1. The molecule has 1 aliphatic rings. The summed E-state index contributed by atoms with van der Waals surface area (Å²) in [6.45, 7) is 3.83. The quantitative estimate of drug-likeness (QED) is 0.735. The fourth-order valence-corrected chi connectivity index (χ4v) is 3.68. The molecule has 0 bridgehead atoms. The standard InChI is InChI=1S/C18H28N2O4S/c1-15-8-11-19(12-9-15)18(21)14-20(25(3,22)23)13-10-16-4-6-17(24-2)7-5-16/h4-7,15H,8-14H2,1-3H3. The smallest absolute Gasteiger partial charge is 0.237 e. The Hall–Kier alpha value is -1.60. The summed E-state index contributed by atoms with van der Waals surface area (Å²) in [6.07, 6.45) is 3.68. The van der Waals surface area contributed by atoms with Crippen molar-refractivity contribution in [3.05, 3.63) is 29.8 Å². The third-order valence-corrected chi connectivity index (χ3v) is 5.98. The molecule has 0 radical (unpaired) electrons. The van der Waals surface area contributed by atoms with Crippen LogP contribution < -0.4 is 4.74 Å². The van der Waals surface area contributed by atoms with Crippen molar-refractivity contribution in [2.75, 3.05) is 39.5 Å². The van der Waals surface area contributed by atoms with E-state index in [0.29, 0.717) is 18.9 Å². The molecular weight excluding hydrogens is 340 g/mol. The van der Waals surface area contributed by atoms with E-state index in [1.807, 2.05) is 24.3 Å². The number of nitrogens with zero attached hydrogens (tertiary/aromatic N) is 2. The number of piperidine rings is 1. The molecule has 0 aliphatic carbocycles. The zero-order valence-corrected chi connectivity index (χ0v) is 16.1. The van der Waals surface area contributed by atoms with Gasteiger partial charge in [0.25, 0.3) is 0 Å². The number of methoxy groups -OCH3 is 1. The molecule has 1 aromatic rings. The molecule has 0 saturated carbocycles. The van der Waals surface area contributed by atoms with E-state index in [-0.39, 0.29) is 12.5 Å². The fourth-order valence-electron chi connectivity index (χ4n) is 2.92. The molecule has 1 aromatic carbocycles. The van der Waals surface area contributed by atoms with Crippen LogP contribution in [0.3, 0.4) is 0 Å². The van der Waals surface area contributed by atoms with Crippen molar-refractivity contribution < 1.29 is 17.9 Å². The van der Waals surface area contributed by atoms with Crippen LogP contribution in [0.5, 0.6) is 5.75 Å². The number of rotatable bonds is 7. The van der Waals surface area contributed by atoms with Crippen molar-refractivity contribution in [2.45, 2.75) is 26.2 Å². The average Bonchev–Trinajstić information content (AvgIpc) is 2.58. The van der Waals surface area contributed by atoms with E-state index >= 15 is 0 Å². The largest absolute Gasteiger partial charge is 0.497 e. The number of carbonyl (C=O) groups is 1. The summed E-state index contributed by atoms with van der Waals surface area (Å²) < 4.78 is 30.5. The molecule has 25 heavy (non-hydrogen) atoms. The first-order valence-corrected chi connectivity index (χ1v) is 10.5. The fraction of sp³-hybridized carbons (Fsp3) is 0.611. The van der Waals surface area contributed by atoms with E-state index in [9.17, 15) is 13.2 Å². The van der Waals surface area contributed by atoms with Crippen molar-refractivity contribution in [1.82, 2.24) is 9.21 Å². The first-order valence-electron chi connectivity index (χ1n) is 8.65. The summed E-state index contributed by atoms with van der Waals surface area (Å²) in [7, 11) is -1.83. The topological polar surface area (TPSA) is 66.9 Å². The number of carbonyl (C=O) groups excluding carboxylic acids is 1. The van der Waals surface area contributed by atoms with Gasteiger partial charge in [0.2, 0.25) is 15.9 Å². The van der Waals surface area contributed by atoms with Crippen molar-refractivity contribution in [3.63, 3.8) is 0 Å². The van der Waals surface area contributed by atoms with Gasteiger partial charge in [0.1, 0.15) is 5.75 Å². The molecule has 1 heterocycles. The van der Waals surface area contributed by atoms with Gasteiger partial charge in [0.05, 0.1) is 19.9 Å². The molecule has 0 unspecified atom stereocenters. The highest BCUT2D eigenvalue weighted by Gasteiger charge is 2.25. The lowest BCUT2D eigenvalue weighted by Gasteiger charge is -2.32. The van der Waals surface area contributed by atoms with Gasteiger partial charge in [-0.25, -0.2) is 8.42 Å². The lowest BCUT2D eigenvalue weighted by Crippen LogP contribution is -2.45. The maximum absolute atomic E-state index is 12.5. The summed E-state index contributed by atoms with van der Waals surface area (Å²) in [6, 6.07) is 7.51. The van der Waals surface area contributed by atoms with Crippen LogP contribution >= 0.6 is 0 Å². The molecule has 6 nitrogen and oxygen atoms in total. The van der Waals surface area contributed by atoms with Gasteiger partial charge in [-0.05, 0) is 42.9 Å². The zero-order valence-electron chi connectivity index (χ0n) is 15.3. The molecule has 0 spiro atoms. The molecule has 140 valence electrons. The second-order valence-electron chi connectivity index (χ2n) is 6.76. The number of hydrogen-bond acceptors (Lipinski definition) is 4. The van der Waals surface area contributed by atoms with Gasteiger partial charge in [0, 0.05) is 19.6 Å². The third kappa shape index (κ3) is 6.01. The molecular formula is C18H28N2O4S. The van der Waals surface area contributed by atoms with E-state index in [4.69, 9.17) is 4.74 Å². The Kier molecular flexibility index (Phi) is 6.84. The first kappa shape index (κ1) is 19.7. The maximum atomic E-state index is 12.5. The van der Waals surface area contributed by atoms with Gasteiger partial charge in [-0.15, -0.1) is 0 Å². The highest BCUT2D eigenvalue weighted by Crippen LogP contribution is 2.17. The maximum Gasteiger partial charge on any atom is 0.237 e. The van der Waals surface area contributed by atoms with Crippen LogP contribution in [0, 0.1) is 5.92 Å². The van der Waals surface area contributed by atoms with Gasteiger partial charge >= 0.3 is 0 Å². The number of benzene rings is 1. The molecule has 2 rings (SSSR count). The van der Waals surface area contributed by atoms with Crippen LogP contribution in [0.2, 0.25) is 0 Å².